The third kappa shape index (κ3) is 8.79. The molecule has 1 saturated carbocycles. The number of rotatable bonds is 17. The van der Waals surface area contributed by atoms with E-state index in [-0.39, 0.29) is 36.0 Å². The molecule has 2 aromatic carbocycles. The Morgan fingerprint density at radius 3 is 2.28 bits per heavy atom. The van der Waals surface area contributed by atoms with E-state index in [4.69, 9.17) is 10.2 Å². The average molecular weight is 650 g/mol. The van der Waals surface area contributed by atoms with Crippen molar-refractivity contribution in [3.05, 3.63) is 99.6 Å². The van der Waals surface area contributed by atoms with Gasteiger partial charge in [0.25, 0.3) is 0 Å². The number of hydrogen-bond acceptors (Lipinski definition) is 8. The minimum atomic E-state index is -1.26. The molecule has 1 aliphatic rings. The molecule has 4 rings (SSSR count). The second-order valence-corrected chi connectivity index (χ2v) is 12.9. The number of carboxylic acid groups (broad SMARTS) is 1. The summed E-state index contributed by atoms with van der Waals surface area (Å²) in [5, 5.41) is 26.2. The Morgan fingerprint density at radius 1 is 1.07 bits per heavy atom. The summed E-state index contributed by atoms with van der Waals surface area (Å²) in [6.07, 6.45) is 4.60. The van der Waals surface area contributed by atoms with Gasteiger partial charge >= 0.3 is 11.6 Å². The molecule has 3 aromatic rings. The second kappa shape index (κ2) is 16.0. The van der Waals surface area contributed by atoms with Gasteiger partial charge in [-0.25, -0.2) is 4.79 Å². The number of nitrogens with one attached hydrogen (secondary N) is 2. The predicted octanol–water partition coefficient (Wildman–Crippen LogP) is 4.50. The van der Waals surface area contributed by atoms with E-state index in [0.29, 0.717) is 36.3 Å². The standard InChI is InChI=1S/C35H43N3O7S/c1-3-23(20-22-10-6-4-7-11-22)28-21-27(39)30(33(43)45-28)31(24-12-8-5-9-13-24)38-32(42)26(16-17-29(40)41)37-34(44)35(36,18-19-46-2)25-14-15-25/h4-13,21,23,25-26,31,39H,3,14-20,36H2,1-2H3,(H,37,44)(H,38,42)(H,40,41)/t23?,26-,31?,35+/m0/s1. The van der Waals surface area contributed by atoms with E-state index in [2.05, 4.69) is 10.6 Å². The van der Waals surface area contributed by atoms with E-state index in [1.165, 1.54) is 6.07 Å². The number of thioether (sulfide) groups is 1. The van der Waals surface area contributed by atoms with Gasteiger partial charge in [0.2, 0.25) is 11.8 Å². The predicted molar refractivity (Wildman–Crippen MR) is 178 cm³/mol. The van der Waals surface area contributed by atoms with Crippen LogP contribution < -0.4 is 22.0 Å². The van der Waals surface area contributed by atoms with Gasteiger partial charge in [-0.3, -0.25) is 14.4 Å². The van der Waals surface area contributed by atoms with Crippen LogP contribution in [-0.2, 0) is 20.8 Å². The summed E-state index contributed by atoms with van der Waals surface area (Å²) < 4.78 is 5.79. The first-order chi connectivity index (χ1) is 22.1. The van der Waals surface area contributed by atoms with Crippen LogP contribution in [0.15, 0.2) is 75.9 Å². The molecule has 11 heteroatoms. The van der Waals surface area contributed by atoms with Gasteiger partial charge in [0.15, 0.2) is 0 Å². The van der Waals surface area contributed by atoms with Crippen molar-refractivity contribution in [1.82, 2.24) is 10.6 Å². The number of carbonyl (C=O) groups is 3. The van der Waals surface area contributed by atoms with Crippen LogP contribution in [-0.4, -0.2) is 51.6 Å². The van der Waals surface area contributed by atoms with Crippen LogP contribution in [0.5, 0.6) is 5.75 Å². The minimum absolute atomic E-state index is 0.0196. The van der Waals surface area contributed by atoms with Crippen LogP contribution in [0.1, 0.15) is 79.9 Å². The molecule has 1 fully saturated rings. The number of carbonyl (C=O) groups excluding carboxylic acids is 2. The molecule has 6 N–H and O–H groups in total. The van der Waals surface area contributed by atoms with Crippen molar-refractivity contribution in [2.45, 2.75) is 75.4 Å². The number of hydrogen-bond donors (Lipinski definition) is 5. The van der Waals surface area contributed by atoms with E-state index in [9.17, 15) is 29.4 Å². The third-order valence-corrected chi connectivity index (χ3v) is 9.24. The summed E-state index contributed by atoms with van der Waals surface area (Å²) in [5.41, 5.74) is 5.97. The zero-order valence-electron chi connectivity index (χ0n) is 26.2. The molecule has 1 aromatic heterocycles. The highest BCUT2D eigenvalue weighted by Gasteiger charge is 2.48. The van der Waals surface area contributed by atoms with Crippen molar-refractivity contribution < 1.29 is 29.0 Å². The molecule has 246 valence electrons. The zero-order valence-corrected chi connectivity index (χ0v) is 27.1. The quantitative estimate of drug-likeness (QED) is 0.141. The second-order valence-electron chi connectivity index (χ2n) is 11.9. The molecule has 4 atom stereocenters. The van der Waals surface area contributed by atoms with Crippen molar-refractivity contribution in [3.8, 4) is 5.75 Å². The van der Waals surface area contributed by atoms with Crippen LogP contribution in [0, 0.1) is 5.92 Å². The van der Waals surface area contributed by atoms with Crippen molar-refractivity contribution in [1.29, 1.82) is 0 Å². The third-order valence-electron chi connectivity index (χ3n) is 8.63. The van der Waals surface area contributed by atoms with Gasteiger partial charge in [0, 0.05) is 18.4 Å². The van der Waals surface area contributed by atoms with Crippen molar-refractivity contribution >= 4 is 29.5 Å². The van der Waals surface area contributed by atoms with Gasteiger partial charge in [-0.1, -0.05) is 67.6 Å². The van der Waals surface area contributed by atoms with Crippen LogP contribution in [0.3, 0.4) is 0 Å². The Bertz CT molecular complexity index is 1540. The largest absolute Gasteiger partial charge is 0.507 e. The monoisotopic (exact) mass is 649 g/mol. The maximum absolute atomic E-state index is 13.8. The van der Waals surface area contributed by atoms with Crippen LogP contribution in [0.4, 0.5) is 0 Å². The Balaban J connectivity index is 1.65. The van der Waals surface area contributed by atoms with Crippen molar-refractivity contribution in [2.24, 2.45) is 11.7 Å². The lowest BCUT2D eigenvalue weighted by Crippen LogP contribution is -2.60. The van der Waals surface area contributed by atoms with Gasteiger partial charge in [-0.2, -0.15) is 11.8 Å². The molecule has 0 aliphatic heterocycles. The minimum Gasteiger partial charge on any atom is -0.507 e. The summed E-state index contributed by atoms with van der Waals surface area (Å²) in [6, 6.07) is 17.4. The summed E-state index contributed by atoms with van der Waals surface area (Å²) in [6.45, 7) is 1.97. The highest BCUT2D eigenvalue weighted by atomic mass is 32.2. The summed E-state index contributed by atoms with van der Waals surface area (Å²) in [7, 11) is 0. The molecule has 2 unspecified atom stereocenters. The molecule has 0 spiro atoms. The number of benzene rings is 2. The van der Waals surface area contributed by atoms with Gasteiger partial charge in [-0.05, 0) is 67.6 Å². The summed E-state index contributed by atoms with van der Waals surface area (Å²) in [4.78, 5) is 52.4. The lowest BCUT2D eigenvalue weighted by atomic mass is 9.89. The number of aliphatic carboxylic acids is 1. The van der Waals surface area contributed by atoms with E-state index < -0.39 is 41.0 Å². The molecule has 0 saturated heterocycles. The fourth-order valence-electron chi connectivity index (χ4n) is 5.73. The lowest BCUT2D eigenvalue weighted by molar-refractivity contribution is -0.138. The topological polar surface area (TPSA) is 172 Å². The lowest BCUT2D eigenvalue weighted by Gasteiger charge is -2.31. The van der Waals surface area contributed by atoms with Gasteiger partial charge in [-0.15, -0.1) is 0 Å². The maximum atomic E-state index is 13.8. The SMILES string of the molecule is CCC(Cc1ccccc1)c1cc(O)c(C(NC(=O)[C@H](CCC(=O)O)NC(=O)[C@@](N)(CCSC)C2CC2)c2ccccc2)c(=O)o1. The van der Waals surface area contributed by atoms with Crippen LogP contribution >= 0.6 is 11.8 Å². The molecule has 10 nitrogen and oxygen atoms in total. The Morgan fingerprint density at radius 2 is 1.72 bits per heavy atom. The van der Waals surface area contributed by atoms with Crippen LogP contribution in [0.25, 0.3) is 0 Å². The van der Waals surface area contributed by atoms with E-state index in [1.54, 1.807) is 42.1 Å². The van der Waals surface area contributed by atoms with E-state index in [1.807, 2.05) is 43.5 Å². The van der Waals surface area contributed by atoms with Crippen molar-refractivity contribution in [2.75, 3.05) is 12.0 Å². The van der Waals surface area contributed by atoms with Gasteiger partial charge in [0.05, 0.1) is 11.6 Å². The molecular formula is C35H43N3O7S. The first-order valence-corrected chi connectivity index (χ1v) is 17.0. The Kier molecular flexibility index (Phi) is 12.1. The molecule has 1 aliphatic carbocycles. The Labute approximate surface area is 273 Å². The van der Waals surface area contributed by atoms with E-state index in [0.717, 1.165) is 18.4 Å². The summed E-state index contributed by atoms with van der Waals surface area (Å²) >= 11 is 1.56. The normalized spacial score (nSPS) is 16.1. The fourth-order valence-corrected chi connectivity index (χ4v) is 6.27. The molecule has 46 heavy (non-hydrogen) atoms. The number of aromatic hydroxyl groups is 1. The average Bonchev–Trinajstić information content (AvgIpc) is 3.90. The highest BCUT2D eigenvalue weighted by Crippen LogP contribution is 2.41. The first-order valence-electron chi connectivity index (χ1n) is 15.6. The maximum Gasteiger partial charge on any atom is 0.345 e. The van der Waals surface area contributed by atoms with Gasteiger partial charge in [0.1, 0.15) is 23.1 Å². The smallest absolute Gasteiger partial charge is 0.345 e. The highest BCUT2D eigenvalue weighted by molar-refractivity contribution is 7.98. The van der Waals surface area contributed by atoms with Gasteiger partial charge < -0.3 is 31.0 Å². The van der Waals surface area contributed by atoms with Crippen molar-refractivity contribution in [3.63, 3.8) is 0 Å². The van der Waals surface area contributed by atoms with E-state index >= 15 is 0 Å². The number of nitrogens with two attached hydrogens (primary N) is 1. The first kappa shape index (κ1) is 34.8. The number of carboxylic acids is 1. The molecular weight excluding hydrogens is 606 g/mol. The van der Waals surface area contributed by atoms with Crippen LogP contribution in [0.2, 0.25) is 0 Å². The molecule has 0 radical (unpaired) electrons. The fraction of sp³-hybridized carbons (Fsp3) is 0.429. The zero-order chi connectivity index (χ0) is 33.3. The number of amides is 2. The molecule has 2 amide bonds. The Hall–Kier alpha value is -4.09. The molecule has 1 heterocycles. The summed E-state index contributed by atoms with van der Waals surface area (Å²) in [5.74, 6) is -1.93. The molecule has 0 bridgehead atoms.